The lowest BCUT2D eigenvalue weighted by Crippen LogP contribution is -2.34. The second kappa shape index (κ2) is 23.8. The van der Waals surface area contributed by atoms with E-state index in [0.717, 1.165) is 98.4 Å². The van der Waals surface area contributed by atoms with E-state index in [-0.39, 0.29) is 6.04 Å². The number of aromatic nitrogens is 4. The number of nitrogens with two attached hydrogens (primary N) is 2. The second-order valence-electron chi connectivity index (χ2n) is 20.1. The zero-order chi connectivity index (χ0) is 54.4. The SMILES string of the molecule is CN(C)C1COc2c(/C=N/O)ccc3[nH]cc(c23)C1.CN(C)C1COc2c(C(N)=O)ccc3[nH]cc(c23)C1.CN(C)C1COc2c(C=O)ccc3[nH]cc(c23)C1.NO.[C-]#[N+]c1ccc2[nH]cc3c2c1OCC(N(C)C)C3. The number of oxime groups is 1. The molecule has 4 aromatic heterocycles. The first-order valence-corrected chi connectivity index (χ1v) is 24.9. The Morgan fingerprint density at radius 3 is 1.29 bits per heavy atom. The third kappa shape index (κ3) is 11.1. The normalized spacial score (nSPS) is 18.2. The molecular weight excluding hydrogens is 969 g/mol. The Labute approximate surface area is 440 Å². The average Bonchev–Trinajstić information content (AvgIpc) is 4.10. The summed E-state index contributed by atoms with van der Waals surface area (Å²) in [5.74, 6) is 5.93. The van der Waals surface area contributed by atoms with Gasteiger partial charge in [-0.2, -0.15) is 0 Å². The Kier molecular flexibility index (Phi) is 17.0. The van der Waals surface area contributed by atoms with Crippen LogP contribution >= 0.6 is 0 Å². The molecule has 0 spiro atoms. The van der Waals surface area contributed by atoms with Crippen molar-refractivity contribution in [2.75, 3.05) is 82.8 Å². The van der Waals surface area contributed by atoms with E-state index in [4.69, 9.17) is 41.7 Å². The molecule has 8 aromatic rings. The maximum absolute atomic E-state index is 11.5. The number of aldehydes is 1. The van der Waals surface area contributed by atoms with Crippen LogP contribution in [0.25, 0.3) is 48.5 Å². The number of nitrogens with zero attached hydrogens (tertiary/aromatic N) is 6. The summed E-state index contributed by atoms with van der Waals surface area (Å²) in [7, 11) is 16.4. The first kappa shape index (κ1) is 54.4. The van der Waals surface area contributed by atoms with Crippen molar-refractivity contribution >= 4 is 67.7 Å². The Bertz CT molecular complexity index is 3420. The van der Waals surface area contributed by atoms with Crippen LogP contribution in [0.3, 0.4) is 0 Å². The molecular formula is C56H68N12O8. The van der Waals surface area contributed by atoms with Crippen molar-refractivity contribution in [3.63, 3.8) is 0 Å². The van der Waals surface area contributed by atoms with Gasteiger partial charge >= 0.3 is 0 Å². The quantitative estimate of drug-likeness (QED) is 0.0271. The van der Waals surface area contributed by atoms with Crippen LogP contribution in [-0.4, -0.2) is 175 Å². The summed E-state index contributed by atoms with van der Waals surface area (Å²) in [6, 6.07) is 16.3. The van der Waals surface area contributed by atoms with Crippen LogP contribution in [0.1, 0.15) is 48.5 Å². The minimum atomic E-state index is -0.452. The number of rotatable bonds is 7. The summed E-state index contributed by atoms with van der Waals surface area (Å²) in [6.07, 6.45) is 14.1. The largest absolute Gasteiger partial charge is 0.502 e. The number of amides is 1. The average molecular weight is 1040 g/mol. The smallest absolute Gasteiger partial charge is 0.252 e. The first-order valence-electron chi connectivity index (χ1n) is 24.9. The van der Waals surface area contributed by atoms with Gasteiger partial charge < -0.3 is 74.6 Å². The van der Waals surface area contributed by atoms with E-state index in [2.05, 4.69) is 97.7 Å². The molecule has 0 radical (unpaired) electrons. The number of likely N-dealkylation sites (N-methyl/N-ethyl adjacent to an activating group) is 4. The van der Waals surface area contributed by atoms with Gasteiger partial charge in [0.25, 0.3) is 5.91 Å². The van der Waals surface area contributed by atoms with E-state index in [1.165, 1.54) is 28.5 Å². The van der Waals surface area contributed by atoms with Gasteiger partial charge in [-0.25, -0.2) is 10.7 Å². The molecule has 0 saturated heterocycles. The van der Waals surface area contributed by atoms with Gasteiger partial charge in [-0.05, 0) is 147 Å². The molecule has 0 fully saturated rings. The zero-order valence-corrected chi connectivity index (χ0v) is 44.2. The zero-order valence-electron chi connectivity index (χ0n) is 44.2. The molecule has 4 aliphatic rings. The lowest BCUT2D eigenvalue weighted by Gasteiger charge is -2.22. The first-order chi connectivity index (χ1) is 36.7. The Morgan fingerprint density at radius 1 is 0.566 bits per heavy atom. The van der Waals surface area contributed by atoms with Crippen molar-refractivity contribution < 1.29 is 39.0 Å². The van der Waals surface area contributed by atoms with Gasteiger partial charge in [-0.3, -0.25) is 9.59 Å². The molecule has 0 aliphatic carbocycles. The number of carbonyl (C=O) groups excluding carboxylic acids is 2. The van der Waals surface area contributed by atoms with E-state index in [1.54, 1.807) is 12.1 Å². The third-order valence-corrected chi connectivity index (χ3v) is 14.7. The molecule has 0 bridgehead atoms. The maximum Gasteiger partial charge on any atom is 0.252 e. The lowest BCUT2D eigenvalue weighted by molar-refractivity contribution is 0.0994. The van der Waals surface area contributed by atoms with Crippen molar-refractivity contribution in [1.29, 1.82) is 0 Å². The molecule has 12 rings (SSSR count). The monoisotopic (exact) mass is 1040 g/mol. The van der Waals surface area contributed by atoms with Crippen LogP contribution < -0.4 is 30.6 Å². The van der Waals surface area contributed by atoms with Gasteiger partial charge in [0.05, 0.1) is 23.9 Å². The van der Waals surface area contributed by atoms with Crippen molar-refractivity contribution in [2.45, 2.75) is 49.9 Å². The predicted molar refractivity (Wildman–Crippen MR) is 295 cm³/mol. The number of aromatic amines is 4. The molecule has 400 valence electrons. The fraction of sp³-hybridized carbons (Fsp3) is 0.357. The Morgan fingerprint density at radius 2 is 0.908 bits per heavy atom. The summed E-state index contributed by atoms with van der Waals surface area (Å²) < 4.78 is 23.6. The van der Waals surface area contributed by atoms with Gasteiger partial charge in [0, 0.05) is 98.1 Å². The van der Waals surface area contributed by atoms with Crippen LogP contribution in [0, 0.1) is 6.57 Å². The van der Waals surface area contributed by atoms with Crippen LogP contribution in [0.4, 0.5) is 5.69 Å². The van der Waals surface area contributed by atoms with E-state index in [9.17, 15) is 9.59 Å². The molecule has 20 heteroatoms. The number of carbonyl (C=O) groups is 2. The van der Waals surface area contributed by atoms with Crippen LogP contribution in [0.2, 0.25) is 0 Å². The minimum Gasteiger partial charge on any atom is -0.502 e. The minimum absolute atomic E-state index is 0.284. The number of hydrogen-bond donors (Lipinski definition) is 8. The number of primary amides is 1. The third-order valence-electron chi connectivity index (χ3n) is 14.7. The lowest BCUT2D eigenvalue weighted by atomic mass is 10.0. The van der Waals surface area contributed by atoms with E-state index in [0.29, 0.717) is 67.1 Å². The van der Waals surface area contributed by atoms with Crippen molar-refractivity contribution in [3.05, 3.63) is 124 Å². The fourth-order valence-electron chi connectivity index (χ4n) is 10.1. The molecule has 4 aromatic carbocycles. The maximum atomic E-state index is 11.5. The standard InChI is InChI=1S/2C14H17N3O2.C14H15N3O.C14H16N2O2.H3NO/c1-17(2)11-5-10-6-15-12-4-3-9(7-16-18)14(13(10)12)19-8-11;1-17(2)9-5-8-6-16-11-4-3-10(14(15)18)13(12(8)11)19-7-9;1-15-12-5-4-11-13-9(7-16-11)6-10(17(2)3)8-18-14(12)13;1-16(2)11-5-10-6-15-12-4-3-9(7-17)14(13(10)12)18-8-11;1-2/h3-4,6-7,11,15,18H,5,8H2,1-2H3;3-4,6,9,16H,5,7H2,1-2H3,(H2,15,18);4-5,7,10,16H,6,8H2,2-3H3;3-4,6-7,11,15H,5,8H2,1-2H3;2H,1H2/b16-7+;;;;. The van der Waals surface area contributed by atoms with Gasteiger partial charge in [0.15, 0.2) is 6.29 Å². The van der Waals surface area contributed by atoms with Gasteiger partial charge in [-0.1, -0.05) is 11.2 Å². The number of nitrogens with one attached hydrogen (secondary N) is 4. The molecule has 4 unspecified atom stereocenters. The topological polar surface area (TPSA) is 256 Å². The van der Waals surface area contributed by atoms with E-state index in [1.807, 2.05) is 75.3 Å². The van der Waals surface area contributed by atoms with E-state index >= 15 is 0 Å². The fourth-order valence-corrected chi connectivity index (χ4v) is 10.1. The summed E-state index contributed by atoms with van der Waals surface area (Å²) in [4.78, 5) is 47.8. The molecule has 0 saturated carbocycles. The van der Waals surface area contributed by atoms with E-state index < -0.39 is 5.91 Å². The highest BCUT2D eigenvalue weighted by molar-refractivity contribution is 6.04. The molecule has 20 nitrogen and oxygen atoms in total. The Hall–Kier alpha value is -7.90. The van der Waals surface area contributed by atoms with Crippen LogP contribution in [0.5, 0.6) is 23.0 Å². The van der Waals surface area contributed by atoms with Crippen molar-refractivity contribution in [2.24, 2.45) is 16.8 Å². The van der Waals surface area contributed by atoms with Gasteiger partial charge in [0.2, 0.25) is 5.69 Å². The molecule has 1 amide bonds. The van der Waals surface area contributed by atoms with Gasteiger partial charge in [-0.15, -0.1) is 0 Å². The summed E-state index contributed by atoms with van der Waals surface area (Å²) in [6.45, 7) is 9.67. The number of benzene rings is 4. The second-order valence-corrected chi connectivity index (χ2v) is 20.1. The summed E-state index contributed by atoms with van der Waals surface area (Å²) in [5.41, 5.74) is 16.9. The number of hydrogen-bond acceptors (Lipinski definition) is 14. The number of H-pyrrole nitrogens is 4. The highest BCUT2D eigenvalue weighted by Gasteiger charge is 2.28. The number of ether oxygens (including phenoxy) is 4. The molecule has 10 N–H and O–H groups in total. The summed E-state index contributed by atoms with van der Waals surface area (Å²) >= 11 is 0. The molecule has 4 aliphatic heterocycles. The van der Waals surface area contributed by atoms with Crippen molar-refractivity contribution in [1.82, 2.24) is 39.5 Å². The van der Waals surface area contributed by atoms with Crippen LogP contribution in [-0.2, 0) is 25.7 Å². The highest BCUT2D eigenvalue weighted by Crippen LogP contribution is 2.41. The van der Waals surface area contributed by atoms with Crippen molar-refractivity contribution in [3.8, 4) is 23.0 Å². The molecule has 8 heterocycles. The summed E-state index contributed by atoms with van der Waals surface area (Å²) in [5, 5.41) is 22.6. The van der Waals surface area contributed by atoms with Crippen LogP contribution in [0.15, 0.2) is 78.5 Å². The Balaban J connectivity index is 0.000000133. The molecule has 76 heavy (non-hydrogen) atoms. The van der Waals surface area contributed by atoms with Gasteiger partial charge in [0.1, 0.15) is 49.4 Å². The predicted octanol–water partition coefficient (Wildman–Crippen LogP) is 6.74. The molecule has 4 atom stereocenters. The highest BCUT2D eigenvalue weighted by atomic mass is 16.5.